The quantitative estimate of drug-likeness (QED) is 0.537. The van der Waals surface area contributed by atoms with Gasteiger partial charge in [0, 0.05) is 18.2 Å². The summed E-state index contributed by atoms with van der Waals surface area (Å²) < 4.78 is 5.88. The predicted molar refractivity (Wildman–Crippen MR) is 102 cm³/mol. The largest absolute Gasteiger partial charge is 0.457 e. The van der Waals surface area contributed by atoms with Gasteiger partial charge in [-0.1, -0.05) is 41.4 Å². The van der Waals surface area contributed by atoms with E-state index in [9.17, 15) is 4.79 Å². The van der Waals surface area contributed by atoms with Crippen molar-refractivity contribution in [1.82, 2.24) is 0 Å². The van der Waals surface area contributed by atoms with Gasteiger partial charge in [-0.15, -0.1) is 0 Å². The molecular formula is C20H13Cl2NO2. The lowest BCUT2D eigenvalue weighted by molar-refractivity contribution is -0.112. The molecule has 0 unspecified atom stereocenters. The van der Waals surface area contributed by atoms with Crippen LogP contribution < -0.4 is 4.90 Å². The minimum Gasteiger partial charge on any atom is -0.457 e. The van der Waals surface area contributed by atoms with Crippen LogP contribution in [0.4, 0.5) is 5.69 Å². The smallest absolute Gasteiger partial charge is 0.258 e. The molecule has 1 aliphatic heterocycles. The number of benzene rings is 2. The van der Waals surface area contributed by atoms with Crippen LogP contribution >= 0.6 is 23.2 Å². The third-order valence-electron chi connectivity index (χ3n) is 4.21. The van der Waals surface area contributed by atoms with Gasteiger partial charge in [-0.05, 0) is 42.5 Å². The number of rotatable bonds is 2. The number of anilines is 1. The van der Waals surface area contributed by atoms with E-state index in [1.165, 1.54) is 0 Å². The molecule has 2 heterocycles. The van der Waals surface area contributed by atoms with Crippen LogP contribution in [0.2, 0.25) is 10.0 Å². The number of carbonyl (C=O) groups excluding carboxylic acids is 1. The number of nitrogens with zero attached hydrogens (tertiary/aromatic N) is 1. The molecule has 0 radical (unpaired) electrons. The van der Waals surface area contributed by atoms with Crippen molar-refractivity contribution in [2.75, 3.05) is 11.9 Å². The number of hydrogen-bond donors (Lipinski definition) is 0. The maximum atomic E-state index is 12.5. The standard InChI is InChI=1S/C20H13Cl2NO2/c1-23-18-5-3-2-4-14(18)15(20(23)24)11-13-7-9-19(25-13)12-6-8-16(21)17(22)10-12/h2-11H,1H3. The second kappa shape index (κ2) is 6.10. The first-order valence-corrected chi connectivity index (χ1v) is 8.44. The molecule has 3 aromatic rings. The van der Waals surface area contributed by atoms with Crippen LogP contribution in [0.1, 0.15) is 11.3 Å². The summed E-state index contributed by atoms with van der Waals surface area (Å²) in [5.74, 6) is 1.22. The highest BCUT2D eigenvalue weighted by atomic mass is 35.5. The molecule has 3 nitrogen and oxygen atoms in total. The topological polar surface area (TPSA) is 33.5 Å². The summed E-state index contributed by atoms with van der Waals surface area (Å²) in [6.45, 7) is 0. The maximum Gasteiger partial charge on any atom is 0.258 e. The predicted octanol–water partition coefficient (Wildman–Crippen LogP) is 5.77. The van der Waals surface area contributed by atoms with E-state index in [1.54, 1.807) is 30.2 Å². The highest BCUT2D eigenvalue weighted by Crippen LogP contribution is 2.37. The van der Waals surface area contributed by atoms with E-state index in [1.807, 2.05) is 42.5 Å². The zero-order valence-corrected chi connectivity index (χ0v) is 14.8. The van der Waals surface area contributed by atoms with Gasteiger partial charge in [0.1, 0.15) is 11.5 Å². The Hall–Kier alpha value is -2.49. The summed E-state index contributed by atoms with van der Waals surface area (Å²) in [6, 6.07) is 16.7. The van der Waals surface area contributed by atoms with E-state index < -0.39 is 0 Å². The Balaban J connectivity index is 1.73. The number of hydrogen-bond acceptors (Lipinski definition) is 2. The summed E-state index contributed by atoms with van der Waals surface area (Å²) in [5.41, 5.74) is 3.25. The fourth-order valence-corrected chi connectivity index (χ4v) is 3.21. The lowest BCUT2D eigenvalue weighted by Crippen LogP contribution is -2.20. The van der Waals surface area contributed by atoms with Crippen LogP contribution in [0.15, 0.2) is 59.0 Å². The van der Waals surface area contributed by atoms with Crippen molar-refractivity contribution in [3.63, 3.8) is 0 Å². The normalized spacial score (nSPS) is 15.1. The SMILES string of the molecule is CN1C(=O)C(=Cc2ccc(-c3ccc(Cl)c(Cl)c3)o2)c2ccccc21. The molecule has 4 rings (SSSR count). The number of carbonyl (C=O) groups is 1. The molecule has 0 atom stereocenters. The Morgan fingerprint density at radius 1 is 1.00 bits per heavy atom. The van der Waals surface area contributed by atoms with Gasteiger partial charge in [0.15, 0.2) is 0 Å². The van der Waals surface area contributed by atoms with Crippen LogP contribution in [0.5, 0.6) is 0 Å². The van der Waals surface area contributed by atoms with Gasteiger partial charge >= 0.3 is 0 Å². The highest BCUT2D eigenvalue weighted by molar-refractivity contribution is 6.42. The molecule has 1 amide bonds. The fourth-order valence-electron chi connectivity index (χ4n) is 2.92. The second-order valence-electron chi connectivity index (χ2n) is 5.77. The summed E-state index contributed by atoms with van der Waals surface area (Å²) >= 11 is 12.0. The van der Waals surface area contributed by atoms with Gasteiger partial charge in [0.2, 0.25) is 0 Å². The number of amides is 1. The monoisotopic (exact) mass is 369 g/mol. The molecule has 0 bridgehead atoms. The minimum absolute atomic E-state index is 0.0475. The third-order valence-corrected chi connectivity index (χ3v) is 4.95. The van der Waals surface area contributed by atoms with Crippen LogP contribution in [-0.2, 0) is 4.79 Å². The van der Waals surface area contributed by atoms with Crippen molar-refractivity contribution >= 4 is 46.4 Å². The Morgan fingerprint density at radius 2 is 1.80 bits per heavy atom. The van der Waals surface area contributed by atoms with E-state index in [-0.39, 0.29) is 5.91 Å². The van der Waals surface area contributed by atoms with Crippen molar-refractivity contribution in [2.45, 2.75) is 0 Å². The number of likely N-dealkylation sites (N-methyl/N-ethyl adjacent to an activating group) is 1. The first-order valence-electron chi connectivity index (χ1n) is 7.69. The van der Waals surface area contributed by atoms with Gasteiger partial charge in [0.25, 0.3) is 5.91 Å². The van der Waals surface area contributed by atoms with Crippen LogP contribution in [-0.4, -0.2) is 13.0 Å². The average molecular weight is 370 g/mol. The molecule has 124 valence electrons. The minimum atomic E-state index is -0.0475. The van der Waals surface area contributed by atoms with E-state index in [0.29, 0.717) is 27.1 Å². The number of para-hydroxylation sites is 1. The van der Waals surface area contributed by atoms with Crippen molar-refractivity contribution in [1.29, 1.82) is 0 Å². The van der Waals surface area contributed by atoms with Gasteiger partial charge in [0.05, 0.1) is 21.3 Å². The van der Waals surface area contributed by atoms with Crippen LogP contribution in [0.3, 0.4) is 0 Å². The van der Waals surface area contributed by atoms with Gasteiger partial charge in [-0.2, -0.15) is 0 Å². The molecule has 25 heavy (non-hydrogen) atoms. The Morgan fingerprint density at radius 3 is 2.60 bits per heavy atom. The molecule has 1 aromatic heterocycles. The molecule has 2 aromatic carbocycles. The van der Waals surface area contributed by atoms with E-state index in [2.05, 4.69) is 0 Å². The van der Waals surface area contributed by atoms with Gasteiger partial charge < -0.3 is 9.32 Å². The first kappa shape index (κ1) is 16.0. The molecule has 0 N–H and O–H groups in total. The Labute approximate surface area is 155 Å². The molecular weight excluding hydrogens is 357 g/mol. The Bertz CT molecular complexity index is 1020. The van der Waals surface area contributed by atoms with E-state index in [0.717, 1.165) is 16.8 Å². The summed E-state index contributed by atoms with van der Waals surface area (Å²) in [4.78, 5) is 14.2. The molecule has 5 heteroatoms. The molecule has 0 fully saturated rings. The number of halogens is 2. The zero-order valence-electron chi connectivity index (χ0n) is 13.3. The molecule has 0 aliphatic carbocycles. The van der Waals surface area contributed by atoms with Crippen molar-refractivity contribution in [2.24, 2.45) is 0 Å². The average Bonchev–Trinajstić information content (AvgIpc) is 3.17. The third kappa shape index (κ3) is 2.76. The van der Waals surface area contributed by atoms with Crippen molar-refractivity contribution < 1.29 is 9.21 Å². The van der Waals surface area contributed by atoms with Crippen molar-refractivity contribution in [3.05, 3.63) is 76.0 Å². The first-order chi connectivity index (χ1) is 12.0. The van der Waals surface area contributed by atoms with E-state index in [4.69, 9.17) is 27.6 Å². The number of furan rings is 1. The lowest BCUT2D eigenvalue weighted by atomic mass is 10.1. The summed E-state index contributed by atoms with van der Waals surface area (Å²) in [7, 11) is 1.77. The highest BCUT2D eigenvalue weighted by Gasteiger charge is 2.29. The van der Waals surface area contributed by atoms with Crippen molar-refractivity contribution in [3.8, 4) is 11.3 Å². The molecule has 0 saturated carbocycles. The molecule has 1 aliphatic rings. The fraction of sp³-hybridized carbons (Fsp3) is 0.0500. The number of fused-ring (bicyclic) bond motifs is 1. The zero-order chi connectivity index (χ0) is 17.6. The maximum absolute atomic E-state index is 12.5. The summed E-state index contributed by atoms with van der Waals surface area (Å²) in [5, 5.41) is 0.965. The van der Waals surface area contributed by atoms with Crippen LogP contribution in [0.25, 0.3) is 23.0 Å². The van der Waals surface area contributed by atoms with Gasteiger partial charge in [-0.25, -0.2) is 0 Å². The summed E-state index contributed by atoms with van der Waals surface area (Å²) in [6.07, 6.45) is 1.77. The lowest BCUT2D eigenvalue weighted by Gasteiger charge is -2.07. The molecule has 0 saturated heterocycles. The van der Waals surface area contributed by atoms with E-state index >= 15 is 0 Å². The Kier molecular flexibility index (Phi) is 3.91. The van der Waals surface area contributed by atoms with Gasteiger partial charge in [-0.3, -0.25) is 4.79 Å². The molecule has 0 spiro atoms. The second-order valence-corrected chi connectivity index (χ2v) is 6.58. The van der Waals surface area contributed by atoms with Crippen LogP contribution in [0, 0.1) is 0 Å².